The lowest BCUT2D eigenvalue weighted by Gasteiger charge is -2.09. The number of aryl methyl sites for hydroxylation is 1. The number of anilines is 1. The lowest BCUT2D eigenvalue weighted by molar-refractivity contribution is 0.415. The minimum Gasteiger partial charge on any atom is -0.495 e. The largest absolute Gasteiger partial charge is 0.495 e. The molecule has 4 heteroatoms. The van der Waals surface area contributed by atoms with E-state index in [9.17, 15) is 0 Å². The summed E-state index contributed by atoms with van der Waals surface area (Å²) in [6.45, 7) is 0.770. The van der Waals surface area contributed by atoms with E-state index in [1.807, 2.05) is 37.5 Å². The smallest absolute Gasteiger partial charge is 0.137 e. The summed E-state index contributed by atoms with van der Waals surface area (Å²) in [4.78, 5) is 0. The van der Waals surface area contributed by atoms with Crippen LogP contribution in [0.5, 0.6) is 5.75 Å². The van der Waals surface area contributed by atoms with Gasteiger partial charge >= 0.3 is 0 Å². The molecule has 0 amide bonds. The van der Waals surface area contributed by atoms with Crippen LogP contribution < -0.4 is 10.1 Å². The van der Waals surface area contributed by atoms with Gasteiger partial charge in [0.1, 0.15) is 5.75 Å². The Bertz CT molecular complexity index is 508. The zero-order valence-corrected chi connectivity index (χ0v) is 10.7. The van der Waals surface area contributed by atoms with Gasteiger partial charge in [0.25, 0.3) is 0 Å². The van der Waals surface area contributed by atoms with E-state index in [4.69, 9.17) is 16.3 Å². The van der Waals surface area contributed by atoms with Crippen molar-refractivity contribution in [1.29, 1.82) is 0 Å². The molecule has 0 aliphatic heterocycles. The Morgan fingerprint density at radius 3 is 2.76 bits per heavy atom. The Morgan fingerprint density at radius 2 is 2.18 bits per heavy atom. The van der Waals surface area contributed by atoms with Crippen LogP contribution in [-0.2, 0) is 13.6 Å². The van der Waals surface area contributed by atoms with E-state index in [2.05, 4.69) is 16.0 Å². The van der Waals surface area contributed by atoms with Crippen LogP contribution in [0.3, 0.4) is 0 Å². The van der Waals surface area contributed by atoms with Crippen LogP contribution >= 0.6 is 11.6 Å². The molecule has 1 aromatic heterocycles. The third-order valence-corrected chi connectivity index (χ3v) is 2.97. The second-order valence-corrected chi connectivity index (χ2v) is 4.22. The summed E-state index contributed by atoms with van der Waals surface area (Å²) in [6.07, 6.45) is 2.03. The van der Waals surface area contributed by atoms with Crippen molar-refractivity contribution in [3.63, 3.8) is 0 Å². The first-order valence-corrected chi connectivity index (χ1v) is 5.76. The minimum absolute atomic E-state index is 0.615. The van der Waals surface area contributed by atoms with E-state index in [1.54, 1.807) is 7.11 Å². The van der Waals surface area contributed by atoms with Gasteiger partial charge in [-0.3, -0.25) is 0 Å². The molecule has 17 heavy (non-hydrogen) atoms. The number of hydrogen-bond acceptors (Lipinski definition) is 2. The van der Waals surface area contributed by atoms with Crippen molar-refractivity contribution in [2.75, 3.05) is 12.4 Å². The molecule has 0 saturated heterocycles. The Labute approximate surface area is 106 Å². The third-order valence-electron chi connectivity index (χ3n) is 2.68. The van der Waals surface area contributed by atoms with Crippen molar-refractivity contribution < 1.29 is 4.74 Å². The first-order valence-electron chi connectivity index (χ1n) is 5.38. The van der Waals surface area contributed by atoms with Crippen LogP contribution in [0.4, 0.5) is 5.69 Å². The van der Waals surface area contributed by atoms with E-state index in [0.29, 0.717) is 10.8 Å². The first kappa shape index (κ1) is 11.9. The molecule has 0 unspecified atom stereocenters. The van der Waals surface area contributed by atoms with E-state index >= 15 is 0 Å². The summed E-state index contributed by atoms with van der Waals surface area (Å²) in [7, 11) is 3.64. The van der Waals surface area contributed by atoms with E-state index in [-0.39, 0.29) is 0 Å². The van der Waals surface area contributed by atoms with E-state index in [1.165, 1.54) is 5.69 Å². The molecule has 0 saturated carbocycles. The minimum atomic E-state index is 0.615. The summed E-state index contributed by atoms with van der Waals surface area (Å²) in [6, 6.07) is 9.78. The number of halogens is 1. The summed E-state index contributed by atoms with van der Waals surface area (Å²) < 4.78 is 7.19. The predicted molar refractivity (Wildman–Crippen MR) is 70.7 cm³/mol. The van der Waals surface area contributed by atoms with Gasteiger partial charge in [-0.05, 0) is 30.3 Å². The summed E-state index contributed by atoms with van der Waals surface area (Å²) in [5.41, 5.74) is 2.20. The average molecular weight is 251 g/mol. The molecule has 0 bridgehead atoms. The lowest BCUT2D eigenvalue weighted by atomic mass is 10.3. The molecule has 3 nitrogen and oxygen atoms in total. The SMILES string of the molecule is COc1ccc(NCc2cccn2C)cc1Cl. The standard InChI is InChI=1S/C13H15ClN2O/c1-16-7-3-4-11(16)9-15-10-5-6-13(17-2)12(14)8-10/h3-8,15H,9H2,1-2H3. The van der Waals surface area contributed by atoms with Gasteiger partial charge in [-0.25, -0.2) is 0 Å². The van der Waals surface area contributed by atoms with E-state index < -0.39 is 0 Å². The van der Waals surface area contributed by atoms with Crippen molar-refractivity contribution in [2.45, 2.75) is 6.54 Å². The summed E-state index contributed by atoms with van der Waals surface area (Å²) >= 11 is 6.05. The fourth-order valence-electron chi connectivity index (χ4n) is 1.65. The molecule has 0 aliphatic carbocycles. The second-order valence-electron chi connectivity index (χ2n) is 3.81. The Hall–Kier alpha value is -1.61. The summed E-state index contributed by atoms with van der Waals surface area (Å²) in [5, 5.41) is 3.93. The zero-order valence-electron chi connectivity index (χ0n) is 9.90. The normalized spacial score (nSPS) is 10.3. The van der Waals surface area contributed by atoms with Crippen LogP contribution in [0, 0.1) is 0 Å². The zero-order chi connectivity index (χ0) is 12.3. The van der Waals surface area contributed by atoms with Crippen LogP contribution in [-0.4, -0.2) is 11.7 Å². The number of methoxy groups -OCH3 is 1. The number of nitrogens with zero attached hydrogens (tertiary/aromatic N) is 1. The maximum Gasteiger partial charge on any atom is 0.137 e. The first-order chi connectivity index (χ1) is 8.20. The quantitative estimate of drug-likeness (QED) is 0.901. The third kappa shape index (κ3) is 2.74. The number of aromatic nitrogens is 1. The van der Waals surface area contributed by atoms with Crippen LogP contribution in [0.15, 0.2) is 36.5 Å². The molecule has 90 valence electrons. The highest BCUT2D eigenvalue weighted by Gasteiger charge is 2.02. The molecule has 1 aromatic carbocycles. The van der Waals surface area contributed by atoms with Gasteiger partial charge in [-0.2, -0.15) is 0 Å². The van der Waals surface area contributed by atoms with Crippen molar-refractivity contribution >= 4 is 17.3 Å². The maximum atomic E-state index is 6.05. The van der Waals surface area contributed by atoms with Crippen molar-refractivity contribution in [2.24, 2.45) is 7.05 Å². The lowest BCUT2D eigenvalue weighted by Crippen LogP contribution is -2.03. The number of hydrogen-bond donors (Lipinski definition) is 1. The monoisotopic (exact) mass is 250 g/mol. The van der Waals surface area contributed by atoms with Gasteiger partial charge in [0, 0.05) is 24.6 Å². The van der Waals surface area contributed by atoms with Gasteiger partial charge in [0.15, 0.2) is 0 Å². The van der Waals surface area contributed by atoms with Crippen molar-refractivity contribution in [1.82, 2.24) is 4.57 Å². The highest BCUT2D eigenvalue weighted by molar-refractivity contribution is 6.32. The van der Waals surface area contributed by atoms with Gasteiger partial charge in [-0.15, -0.1) is 0 Å². The number of rotatable bonds is 4. The molecule has 0 atom stereocenters. The maximum absolute atomic E-state index is 6.05. The fourth-order valence-corrected chi connectivity index (χ4v) is 1.91. The Balaban J connectivity index is 2.05. The molecule has 2 aromatic rings. The Kier molecular flexibility index (Phi) is 3.59. The highest BCUT2D eigenvalue weighted by atomic mass is 35.5. The summed E-state index contributed by atoms with van der Waals surface area (Å²) in [5.74, 6) is 0.691. The van der Waals surface area contributed by atoms with Crippen molar-refractivity contribution in [3.05, 3.63) is 47.2 Å². The fraction of sp³-hybridized carbons (Fsp3) is 0.231. The van der Waals surface area contributed by atoms with Crippen LogP contribution in [0.1, 0.15) is 5.69 Å². The molecule has 0 radical (unpaired) electrons. The molecule has 0 spiro atoms. The average Bonchev–Trinajstić information content (AvgIpc) is 2.72. The molecular formula is C13H15ClN2O. The van der Waals surface area contributed by atoms with Crippen LogP contribution in [0.2, 0.25) is 5.02 Å². The molecule has 0 fully saturated rings. The molecular weight excluding hydrogens is 236 g/mol. The molecule has 2 rings (SSSR count). The van der Waals surface area contributed by atoms with E-state index in [0.717, 1.165) is 12.2 Å². The molecule has 1 heterocycles. The Morgan fingerprint density at radius 1 is 1.35 bits per heavy atom. The molecule has 1 N–H and O–H groups in total. The van der Waals surface area contributed by atoms with Gasteiger partial charge < -0.3 is 14.6 Å². The van der Waals surface area contributed by atoms with Gasteiger partial charge in [0.05, 0.1) is 18.7 Å². The number of nitrogens with one attached hydrogen (secondary N) is 1. The predicted octanol–water partition coefficient (Wildman–Crippen LogP) is 3.30. The molecule has 0 aliphatic rings. The number of benzene rings is 1. The second kappa shape index (κ2) is 5.15. The van der Waals surface area contributed by atoms with Gasteiger partial charge in [0.2, 0.25) is 0 Å². The van der Waals surface area contributed by atoms with Crippen LogP contribution in [0.25, 0.3) is 0 Å². The van der Waals surface area contributed by atoms with Gasteiger partial charge in [-0.1, -0.05) is 11.6 Å². The van der Waals surface area contributed by atoms with Crippen molar-refractivity contribution in [3.8, 4) is 5.75 Å². The highest BCUT2D eigenvalue weighted by Crippen LogP contribution is 2.27. The number of ether oxygens (including phenoxy) is 1. The topological polar surface area (TPSA) is 26.2 Å².